The molecule has 1 N–H and O–H groups in total. The third-order valence-corrected chi connectivity index (χ3v) is 3.89. The van der Waals surface area contributed by atoms with E-state index in [0.29, 0.717) is 21.9 Å². The van der Waals surface area contributed by atoms with Gasteiger partial charge in [0.15, 0.2) is 5.54 Å². The van der Waals surface area contributed by atoms with Crippen molar-refractivity contribution < 1.29 is 18.3 Å². The average molecular weight is 307 g/mol. The highest BCUT2D eigenvalue weighted by atomic mass is 35.5. The van der Waals surface area contributed by atoms with E-state index in [4.69, 9.17) is 11.6 Å². The van der Waals surface area contributed by atoms with E-state index in [1.807, 2.05) is 0 Å². The van der Waals surface area contributed by atoms with E-state index in [-0.39, 0.29) is 13.0 Å². The first-order valence-corrected chi connectivity index (χ1v) is 6.34. The van der Waals surface area contributed by atoms with Crippen LogP contribution in [0, 0.1) is 0 Å². The van der Waals surface area contributed by atoms with Crippen molar-refractivity contribution in [3.63, 3.8) is 0 Å². The lowest BCUT2D eigenvalue weighted by Gasteiger charge is -2.33. The Kier molecular flexibility index (Phi) is 3.73. The van der Waals surface area contributed by atoms with Crippen molar-refractivity contribution in [2.45, 2.75) is 31.7 Å². The first-order valence-electron chi connectivity index (χ1n) is 5.97. The third-order valence-electron chi connectivity index (χ3n) is 3.66. The summed E-state index contributed by atoms with van der Waals surface area (Å²) in [7, 11) is 1.30. The van der Waals surface area contributed by atoms with Crippen molar-refractivity contribution in [1.82, 2.24) is 5.01 Å². The predicted molar refractivity (Wildman–Crippen MR) is 70.8 cm³/mol. The number of halogens is 4. The smallest absolute Gasteiger partial charge is 0.392 e. The van der Waals surface area contributed by atoms with Crippen LogP contribution in [0.3, 0.4) is 0 Å². The number of aliphatic hydroxyl groups is 1. The molecule has 3 nitrogen and oxygen atoms in total. The van der Waals surface area contributed by atoms with Gasteiger partial charge in [0.05, 0.1) is 12.3 Å². The molecule has 1 atom stereocenters. The Morgan fingerprint density at radius 3 is 2.60 bits per heavy atom. The van der Waals surface area contributed by atoms with Crippen LogP contribution in [0.5, 0.6) is 0 Å². The van der Waals surface area contributed by atoms with E-state index < -0.39 is 11.7 Å². The fraction of sp³-hybridized carbons (Fsp3) is 0.462. The van der Waals surface area contributed by atoms with Crippen LogP contribution in [-0.2, 0) is 6.61 Å². The molecule has 0 fully saturated rings. The van der Waals surface area contributed by atoms with Gasteiger partial charge in [-0.05, 0) is 24.6 Å². The molecule has 2 rings (SSSR count). The van der Waals surface area contributed by atoms with Gasteiger partial charge in [-0.3, -0.25) is 5.01 Å². The molecular weight excluding hydrogens is 293 g/mol. The zero-order valence-electron chi connectivity index (χ0n) is 11.0. The summed E-state index contributed by atoms with van der Waals surface area (Å²) in [5.41, 5.74) is -0.768. The van der Waals surface area contributed by atoms with Crippen LogP contribution < -0.4 is 0 Å². The highest BCUT2D eigenvalue weighted by molar-refractivity contribution is 6.30. The van der Waals surface area contributed by atoms with Crippen molar-refractivity contribution in [1.29, 1.82) is 0 Å². The summed E-state index contributed by atoms with van der Waals surface area (Å²) in [5.74, 6) is 0. The van der Waals surface area contributed by atoms with E-state index in [0.717, 1.165) is 11.9 Å². The fourth-order valence-corrected chi connectivity index (χ4v) is 2.37. The Bertz CT molecular complexity index is 559. The molecule has 0 bridgehead atoms. The quantitative estimate of drug-likeness (QED) is 0.911. The number of hydrazone groups is 1. The number of rotatable bonds is 2. The highest BCUT2D eigenvalue weighted by Crippen LogP contribution is 2.42. The van der Waals surface area contributed by atoms with Crippen LogP contribution in [0.25, 0.3) is 0 Å². The molecule has 20 heavy (non-hydrogen) atoms. The molecule has 1 aliphatic rings. The summed E-state index contributed by atoms with van der Waals surface area (Å²) in [4.78, 5) is 0. The summed E-state index contributed by atoms with van der Waals surface area (Å²) in [5, 5.41) is 14.7. The number of hydrogen-bond acceptors (Lipinski definition) is 3. The van der Waals surface area contributed by atoms with Gasteiger partial charge in [0.1, 0.15) is 0 Å². The van der Waals surface area contributed by atoms with Crippen LogP contribution in [0.15, 0.2) is 23.3 Å². The predicted octanol–water partition coefficient (Wildman–Crippen LogP) is 3.19. The molecular formula is C13H14ClF3N2O. The molecule has 7 heteroatoms. The lowest BCUT2D eigenvalue weighted by atomic mass is 9.91. The van der Waals surface area contributed by atoms with E-state index in [9.17, 15) is 18.3 Å². The largest absolute Gasteiger partial charge is 0.413 e. The Hall–Kier alpha value is -1.27. The Balaban J connectivity index is 2.40. The van der Waals surface area contributed by atoms with Gasteiger partial charge < -0.3 is 5.11 Å². The van der Waals surface area contributed by atoms with E-state index in [2.05, 4.69) is 5.10 Å². The second kappa shape index (κ2) is 4.93. The molecule has 0 spiro atoms. The zero-order chi connectivity index (χ0) is 15.1. The Labute approximate surface area is 119 Å². The molecule has 1 heterocycles. The molecule has 0 aromatic heterocycles. The Morgan fingerprint density at radius 1 is 1.45 bits per heavy atom. The van der Waals surface area contributed by atoms with Gasteiger partial charge in [-0.15, -0.1) is 0 Å². The highest BCUT2D eigenvalue weighted by Gasteiger charge is 2.57. The van der Waals surface area contributed by atoms with Gasteiger partial charge in [0, 0.05) is 24.1 Å². The molecule has 110 valence electrons. The number of nitrogens with zero attached hydrogens (tertiary/aromatic N) is 2. The molecule has 0 saturated heterocycles. The number of benzene rings is 1. The van der Waals surface area contributed by atoms with Crippen molar-refractivity contribution in [3.05, 3.63) is 34.3 Å². The number of aliphatic hydroxyl groups excluding tert-OH is 1. The van der Waals surface area contributed by atoms with Crippen molar-refractivity contribution in [3.8, 4) is 0 Å². The van der Waals surface area contributed by atoms with Crippen molar-refractivity contribution in [2.75, 3.05) is 7.05 Å². The zero-order valence-corrected chi connectivity index (χ0v) is 11.8. The van der Waals surface area contributed by atoms with Gasteiger partial charge in [0.25, 0.3) is 0 Å². The summed E-state index contributed by atoms with van der Waals surface area (Å²) < 4.78 is 39.4. The van der Waals surface area contributed by atoms with Gasteiger partial charge in [-0.1, -0.05) is 17.7 Å². The summed E-state index contributed by atoms with van der Waals surface area (Å²) in [6.07, 6.45) is -4.65. The van der Waals surface area contributed by atoms with Crippen molar-refractivity contribution in [2.24, 2.45) is 5.10 Å². The van der Waals surface area contributed by atoms with Gasteiger partial charge in [0.2, 0.25) is 0 Å². The van der Waals surface area contributed by atoms with Gasteiger partial charge in [-0.2, -0.15) is 18.3 Å². The molecule has 0 radical (unpaired) electrons. The standard InChI is InChI=1S/C13H14ClF3N2O/c1-12(13(15,16)17)6-11(18-19(12)2)10-4-3-9(14)5-8(10)7-20/h3-5,20H,6-7H2,1-2H3. The maximum absolute atomic E-state index is 13.1. The van der Waals surface area contributed by atoms with Crippen LogP contribution in [0.2, 0.25) is 5.02 Å². The van der Waals surface area contributed by atoms with E-state index in [1.165, 1.54) is 13.1 Å². The van der Waals surface area contributed by atoms with Gasteiger partial charge in [-0.25, -0.2) is 0 Å². The minimum atomic E-state index is -4.39. The molecule has 1 aromatic carbocycles. The van der Waals surface area contributed by atoms with Crippen LogP contribution >= 0.6 is 11.6 Å². The lowest BCUT2D eigenvalue weighted by molar-refractivity contribution is -0.216. The normalized spacial score (nSPS) is 23.1. The molecule has 1 unspecified atom stereocenters. The van der Waals surface area contributed by atoms with E-state index in [1.54, 1.807) is 12.1 Å². The summed E-state index contributed by atoms with van der Waals surface area (Å²) in [6.45, 7) is 0.805. The lowest BCUT2D eigenvalue weighted by Crippen LogP contribution is -2.50. The second-order valence-electron chi connectivity index (χ2n) is 4.98. The fourth-order valence-electron chi connectivity index (χ4n) is 2.17. The van der Waals surface area contributed by atoms with E-state index >= 15 is 0 Å². The van der Waals surface area contributed by atoms with Crippen LogP contribution in [0.4, 0.5) is 13.2 Å². The second-order valence-corrected chi connectivity index (χ2v) is 5.41. The molecule has 0 aliphatic carbocycles. The topological polar surface area (TPSA) is 35.8 Å². The molecule has 1 aliphatic heterocycles. The monoisotopic (exact) mass is 306 g/mol. The maximum Gasteiger partial charge on any atom is 0.413 e. The first-order chi connectivity index (χ1) is 9.19. The van der Waals surface area contributed by atoms with Crippen LogP contribution in [0.1, 0.15) is 24.5 Å². The first kappa shape index (κ1) is 15.1. The summed E-state index contributed by atoms with van der Waals surface area (Å²) >= 11 is 5.82. The minimum Gasteiger partial charge on any atom is -0.392 e. The van der Waals surface area contributed by atoms with Crippen LogP contribution in [-0.4, -0.2) is 34.6 Å². The molecule has 0 amide bonds. The number of hydrogen-bond donors (Lipinski definition) is 1. The molecule has 1 aromatic rings. The summed E-state index contributed by atoms with van der Waals surface area (Å²) in [6, 6.07) is 4.69. The molecule has 0 saturated carbocycles. The SMILES string of the molecule is CN1N=C(c2ccc(Cl)cc2CO)CC1(C)C(F)(F)F. The third kappa shape index (κ3) is 2.38. The maximum atomic E-state index is 13.1. The Morgan fingerprint density at radius 2 is 2.10 bits per heavy atom. The minimum absolute atomic E-state index is 0.262. The average Bonchev–Trinajstić information content (AvgIpc) is 2.66. The van der Waals surface area contributed by atoms with Gasteiger partial charge >= 0.3 is 6.18 Å². The number of alkyl halides is 3. The van der Waals surface area contributed by atoms with Crippen molar-refractivity contribution >= 4 is 17.3 Å².